The molecular formula is C10H17N3S2. The first-order valence-electron chi connectivity index (χ1n) is 5.24. The molecular weight excluding hydrogens is 226 g/mol. The monoisotopic (exact) mass is 243 g/mol. The van der Waals surface area contributed by atoms with Gasteiger partial charge in [-0.15, -0.1) is 0 Å². The molecule has 0 aromatic carbocycles. The molecule has 1 aliphatic carbocycles. The zero-order chi connectivity index (χ0) is 11.1. The molecule has 1 aromatic heterocycles. The highest BCUT2D eigenvalue weighted by molar-refractivity contribution is 7.99. The van der Waals surface area contributed by atoms with E-state index < -0.39 is 0 Å². The van der Waals surface area contributed by atoms with Gasteiger partial charge in [-0.05, 0) is 45.2 Å². The van der Waals surface area contributed by atoms with E-state index in [1.807, 2.05) is 11.8 Å². The van der Waals surface area contributed by atoms with Crippen LogP contribution in [0.25, 0.3) is 0 Å². The Morgan fingerprint density at radius 3 is 2.80 bits per heavy atom. The number of thioether (sulfide) groups is 1. The van der Waals surface area contributed by atoms with Gasteiger partial charge < -0.3 is 4.57 Å². The number of aromatic nitrogens is 3. The van der Waals surface area contributed by atoms with Crippen LogP contribution in [0.15, 0.2) is 0 Å². The van der Waals surface area contributed by atoms with E-state index in [2.05, 4.69) is 34.9 Å². The van der Waals surface area contributed by atoms with Crippen LogP contribution in [0.2, 0.25) is 0 Å². The molecule has 1 N–H and O–H groups in total. The average Bonchev–Trinajstić information content (AvgIpc) is 2.95. The Morgan fingerprint density at radius 1 is 1.60 bits per heavy atom. The molecule has 5 heteroatoms. The fraction of sp³-hybridized carbons (Fsp3) is 0.800. The summed E-state index contributed by atoms with van der Waals surface area (Å²) in [6.45, 7) is 5.42. The van der Waals surface area contributed by atoms with Gasteiger partial charge in [0.05, 0.1) is 0 Å². The molecule has 1 saturated carbocycles. The van der Waals surface area contributed by atoms with Gasteiger partial charge in [-0.1, -0.05) is 0 Å². The second-order valence-corrected chi connectivity index (χ2v) is 6.61. The summed E-state index contributed by atoms with van der Waals surface area (Å²) in [5.74, 6) is 1.80. The molecule has 0 atom stereocenters. The van der Waals surface area contributed by atoms with Crippen LogP contribution in [0.3, 0.4) is 0 Å². The third-order valence-electron chi connectivity index (χ3n) is 2.82. The third kappa shape index (κ3) is 2.45. The first-order chi connectivity index (χ1) is 7.03. The van der Waals surface area contributed by atoms with Crippen molar-refractivity contribution < 1.29 is 0 Å². The summed E-state index contributed by atoms with van der Waals surface area (Å²) in [6.07, 6.45) is 4.67. The molecule has 3 nitrogen and oxygen atoms in total. The average molecular weight is 243 g/mol. The van der Waals surface area contributed by atoms with Crippen molar-refractivity contribution in [2.24, 2.45) is 0 Å². The summed E-state index contributed by atoms with van der Waals surface area (Å²) in [7, 11) is 0. The van der Waals surface area contributed by atoms with Crippen molar-refractivity contribution in [1.82, 2.24) is 14.8 Å². The molecule has 15 heavy (non-hydrogen) atoms. The Bertz CT molecular complexity index is 401. The second kappa shape index (κ2) is 3.94. The summed E-state index contributed by atoms with van der Waals surface area (Å²) in [4.78, 5) is 0. The molecule has 0 spiro atoms. The van der Waals surface area contributed by atoms with Crippen molar-refractivity contribution in [3.8, 4) is 0 Å². The Kier molecular flexibility index (Phi) is 2.94. The van der Waals surface area contributed by atoms with E-state index in [-0.39, 0.29) is 4.75 Å². The van der Waals surface area contributed by atoms with Crippen molar-refractivity contribution in [1.29, 1.82) is 0 Å². The highest BCUT2D eigenvalue weighted by Crippen LogP contribution is 2.39. The molecule has 1 aliphatic rings. The first kappa shape index (κ1) is 11.2. The summed E-state index contributed by atoms with van der Waals surface area (Å²) in [6, 6.07) is 0. The maximum atomic E-state index is 5.27. The Hall–Kier alpha value is -0.290. The molecule has 1 heterocycles. The van der Waals surface area contributed by atoms with Gasteiger partial charge in [0.2, 0.25) is 0 Å². The van der Waals surface area contributed by atoms with Crippen LogP contribution in [0.5, 0.6) is 0 Å². The lowest BCUT2D eigenvalue weighted by Gasteiger charge is -2.23. The molecule has 1 aromatic rings. The minimum Gasteiger partial charge on any atom is -0.303 e. The Morgan fingerprint density at radius 2 is 2.27 bits per heavy atom. The minimum absolute atomic E-state index is 0.214. The zero-order valence-electron chi connectivity index (χ0n) is 9.41. The molecule has 0 bridgehead atoms. The molecule has 1 fully saturated rings. The minimum atomic E-state index is 0.214. The molecule has 0 amide bonds. The van der Waals surface area contributed by atoms with E-state index in [1.54, 1.807) is 0 Å². The van der Waals surface area contributed by atoms with Gasteiger partial charge >= 0.3 is 0 Å². The van der Waals surface area contributed by atoms with Crippen LogP contribution >= 0.6 is 24.0 Å². The number of nitrogens with zero attached hydrogens (tertiary/aromatic N) is 2. The molecule has 2 rings (SSSR count). The van der Waals surface area contributed by atoms with Gasteiger partial charge in [0.25, 0.3) is 0 Å². The van der Waals surface area contributed by atoms with E-state index in [1.165, 1.54) is 12.8 Å². The third-order valence-corrected chi connectivity index (χ3v) is 4.37. The smallest absolute Gasteiger partial charge is 0.195 e. The molecule has 0 saturated heterocycles. The second-order valence-electron chi connectivity index (χ2n) is 4.71. The van der Waals surface area contributed by atoms with E-state index >= 15 is 0 Å². The van der Waals surface area contributed by atoms with Crippen molar-refractivity contribution >= 4 is 24.0 Å². The number of H-pyrrole nitrogens is 1. The lowest BCUT2D eigenvalue weighted by atomic mass is 10.2. The quantitative estimate of drug-likeness (QED) is 0.825. The van der Waals surface area contributed by atoms with Crippen molar-refractivity contribution in [2.45, 2.75) is 43.9 Å². The van der Waals surface area contributed by atoms with Gasteiger partial charge in [0.1, 0.15) is 5.82 Å². The maximum Gasteiger partial charge on any atom is 0.195 e. The van der Waals surface area contributed by atoms with E-state index in [0.29, 0.717) is 5.92 Å². The van der Waals surface area contributed by atoms with Crippen LogP contribution in [0, 0.1) is 4.77 Å². The number of nitrogens with one attached hydrogen (secondary N) is 1. The fourth-order valence-electron chi connectivity index (χ4n) is 1.58. The van der Waals surface area contributed by atoms with Crippen molar-refractivity contribution in [2.75, 3.05) is 6.26 Å². The predicted molar refractivity (Wildman–Crippen MR) is 67.0 cm³/mol. The molecule has 0 unspecified atom stereocenters. The van der Waals surface area contributed by atoms with Gasteiger partial charge in [0, 0.05) is 17.2 Å². The van der Waals surface area contributed by atoms with Crippen LogP contribution < -0.4 is 0 Å². The summed E-state index contributed by atoms with van der Waals surface area (Å²) >= 11 is 7.14. The lowest BCUT2D eigenvalue weighted by molar-refractivity contribution is 0.543. The Balaban J connectivity index is 2.26. The largest absolute Gasteiger partial charge is 0.303 e. The van der Waals surface area contributed by atoms with Crippen LogP contribution in [-0.2, 0) is 6.54 Å². The number of aromatic amines is 1. The fourth-order valence-corrected chi connectivity index (χ4v) is 2.04. The summed E-state index contributed by atoms with van der Waals surface area (Å²) in [5, 5.41) is 7.24. The van der Waals surface area contributed by atoms with Gasteiger partial charge in [-0.2, -0.15) is 16.9 Å². The highest BCUT2D eigenvalue weighted by Gasteiger charge is 2.30. The van der Waals surface area contributed by atoms with E-state index in [4.69, 9.17) is 12.2 Å². The Labute approximate surface area is 99.7 Å². The number of hydrogen-bond donors (Lipinski definition) is 1. The van der Waals surface area contributed by atoms with E-state index in [9.17, 15) is 0 Å². The predicted octanol–water partition coefficient (Wildman–Crippen LogP) is 2.96. The SMILES string of the molecule is CSC(C)(C)Cn1c(C2CC2)n[nH]c1=S. The summed E-state index contributed by atoms with van der Waals surface area (Å²) in [5.41, 5.74) is 0. The highest BCUT2D eigenvalue weighted by atomic mass is 32.2. The van der Waals surface area contributed by atoms with E-state index in [0.717, 1.165) is 17.1 Å². The summed E-state index contributed by atoms with van der Waals surface area (Å²) < 4.78 is 3.15. The van der Waals surface area contributed by atoms with Crippen molar-refractivity contribution in [3.05, 3.63) is 10.6 Å². The molecule has 0 aliphatic heterocycles. The van der Waals surface area contributed by atoms with Gasteiger partial charge in [-0.3, -0.25) is 5.10 Å². The zero-order valence-corrected chi connectivity index (χ0v) is 11.0. The van der Waals surface area contributed by atoms with Crippen LogP contribution in [0.1, 0.15) is 38.4 Å². The lowest BCUT2D eigenvalue weighted by Crippen LogP contribution is -2.23. The normalized spacial score (nSPS) is 17.0. The number of rotatable bonds is 4. The standard InChI is InChI=1S/C10H17N3S2/c1-10(2,15-3)6-13-8(7-4-5-7)11-12-9(13)14/h7H,4-6H2,1-3H3,(H,12,14). The maximum absolute atomic E-state index is 5.27. The number of hydrogen-bond acceptors (Lipinski definition) is 3. The van der Waals surface area contributed by atoms with Crippen LogP contribution in [0.4, 0.5) is 0 Å². The molecule has 0 radical (unpaired) electrons. The molecule has 84 valence electrons. The van der Waals surface area contributed by atoms with Gasteiger partial charge in [0.15, 0.2) is 4.77 Å². The first-order valence-corrected chi connectivity index (χ1v) is 6.87. The topological polar surface area (TPSA) is 33.6 Å². The van der Waals surface area contributed by atoms with Crippen LogP contribution in [-0.4, -0.2) is 25.8 Å². The van der Waals surface area contributed by atoms with Gasteiger partial charge in [-0.25, -0.2) is 0 Å². The van der Waals surface area contributed by atoms with Crippen molar-refractivity contribution in [3.63, 3.8) is 0 Å².